The van der Waals surface area contributed by atoms with Gasteiger partial charge in [0.15, 0.2) is 0 Å². The normalized spacial score (nSPS) is 13.9. The Kier molecular flexibility index (Phi) is 3.50. The Morgan fingerprint density at radius 1 is 1.17 bits per heavy atom. The summed E-state index contributed by atoms with van der Waals surface area (Å²) in [7, 11) is 0. The molecule has 0 saturated carbocycles. The van der Waals surface area contributed by atoms with E-state index < -0.39 is 0 Å². The molecule has 4 rings (SSSR count). The van der Waals surface area contributed by atoms with Crippen LogP contribution >= 0.6 is 11.6 Å². The number of aromatic nitrogens is 3. The first-order valence-electron chi connectivity index (χ1n) is 7.48. The third kappa shape index (κ3) is 2.68. The third-order valence-corrected chi connectivity index (χ3v) is 4.28. The van der Waals surface area contributed by atoms with E-state index in [1.807, 2.05) is 37.3 Å². The second kappa shape index (κ2) is 5.66. The van der Waals surface area contributed by atoms with Crippen LogP contribution in [0.5, 0.6) is 0 Å². The number of hydrogen-bond acceptors (Lipinski definition) is 5. The summed E-state index contributed by atoms with van der Waals surface area (Å²) in [5.74, 6) is 2.67. The summed E-state index contributed by atoms with van der Waals surface area (Å²) in [5, 5.41) is 4.98. The highest BCUT2D eigenvalue weighted by atomic mass is 35.5. The first-order chi connectivity index (χ1) is 11.2. The van der Waals surface area contributed by atoms with Crippen molar-refractivity contribution >= 4 is 17.4 Å². The molecule has 0 atom stereocenters. The molecule has 2 aromatic heterocycles. The molecular weight excluding hydrogens is 312 g/mol. The van der Waals surface area contributed by atoms with Gasteiger partial charge in [0, 0.05) is 35.3 Å². The third-order valence-electron chi connectivity index (χ3n) is 4.03. The predicted octanol–water partition coefficient (Wildman–Crippen LogP) is 3.66. The summed E-state index contributed by atoms with van der Waals surface area (Å²) in [4.78, 5) is 10.9. The zero-order valence-electron chi connectivity index (χ0n) is 12.7. The van der Waals surface area contributed by atoms with Crippen LogP contribution in [0.25, 0.3) is 11.3 Å². The number of hydrogen-bond donors (Lipinski definition) is 0. The summed E-state index contributed by atoms with van der Waals surface area (Å²) in [6, 6.07) is 9.61. The van der Waals surface area contributed by atoms with Crippen LogP contribution in [0.3, 0.4) is 0 Å². The van der Waals surface area contributed by atoms with Gasteiger partial charge in [0.2, 0.25) is 0 Å². The molecule has 0 bridgehead atoms. The molecule has 116 valence electrons. The highest BCUT2D eigenvalue weighted by Gasteiger charge is 2.25. The minimum Gasteiger partial charge on any atom is -0.360 e. The summed E-state index contributed by atoms with van der Waals surface area (Å²) in [6.45, 7) is 3.49. The molecule has 0 amide bonds. The molecule has 6 heteroatoms. The fourth-order valence-corrected chi connectivity index (χ4v) is 2.99. The molecule has 1 aliphatic heterocycles. The Labute approximate surface area is 138 Å². The van der Waals surface area contributed by atoms with E-state index in [0.29, 0.717) is 5.02 Å². The number of fused-ring (bicyclic) bond motifs is 1. The van der Waals surface area contributed by atoms with E-state index in [1.165, 1.54) is 0 Å². The second-order valence-corrected chi connectivity index (χ2v) is 6.01. The van der Waals surface area contributed by atoms with Gasteiger partial charge in [0.05, 0.1) is 6.54 Å². The molecule has 0 unspecified atom stereocenters. The van der Waals surface area contributed by atoms with Crippen molar-refractivity contribution in [3.63, 3.8) is 0 Å². The zero-order valence-corrected chi connectivity index (χ0v) is 13.4. The lowest BCUT2D eigenvalue weighted by atomic mass is 10.0. The van der Waals surface area contributed by atoms with Gasteiger partial charge in [-0.3, -0.25) is 0 Å². The van der Waals surface area contributed by atoms with Crippen molar-refractivity contribution in [2.75, 3.05) is 11.4 Å². The largest absolute Gasteiger partial charge is 0.360 e. The van der Waals surface area contributed by atoms with Crippen molar-refractivity contribution in [1.82, 2.24) is 15.1 Å². The molecule has 1 aliphatic rings. The van der Waals surface area contributed by atoms with Gasteiger partial charge in [-0.2, -0.15) is 0 Å². The second-order valence-electron chi connectivity index (χ2n) is 5.57. The minimum absolute atomic E-state index is 0.712. The number of halogens is 1. The van der Waals surface area contributed by atoms with Crippen LogP contribution in [0.2, 0.25) is 5.02 Å². The van der Waals surface area contributed by atoms with Gasteiger partial charge >= 0.3 is 0 Å². The van der Waals surface area contributed by atoms with Crippen LogP contribution in [0.1, 0.15) is 17.1 Å². The summed E-state index contributed by atoms with van der Waals surface area (Å²) >= 11 is 5.97. The van der Waals surface area contributed by atoms with E-state index in [4.69, 9.17) is 16.1 Å². The Morgan fingerprint density at radius 3 is 2.78 bits per heavy atom. The number of aryl methyl sites for hydroxylation is 1. The average Bonchev–Trinajstić information content (AvgIpc) is 2.99. The lowest BCUT2D eigenvalue weighted by Gasteiger charge is -2.27. The molecule has 0 radical (unpaired) electrons. The van der Waals surface area contributed by atoms with E-state index in [-0.39, 0.29) is 0 Å². The first-order valence-corrected chi connectivity index (χ1v) is 7.86. The van der Waals surface area contributed by atoms with Gasteiger partial charge in [-0.05, 0) is 25.1 Å². The molecule has 0 N–H and O–H groups in total. The highest BCUT2D eigenvalue weighted by Crippen LogP contribution is 2.31. The topological polar surface area (TPSA) is 55.1 Å². The average molecular weight is 327 g/mol. The fraction of sp³-hybridized carbons (Fsp3) is 0.235. The van der Waals surface area contributed by atoms with E-state index in [1.54, 1.807) is 6.20 Å². The van der Waals surface area contributed by atoms with E-state index in [9.17, 15) is 0 Å². The molecule has 0 fully saturated rings. The summed E-state index contributed by atoms with van der Waals surface area (Å²) in [5.41, 5.74) is 3.02. The summed E-state index contributed by atoms with van der Waals surface area (Å²) in [6.07, 6.45) is 2.61. The van der Waals surface area contributed by atoms with Crippen LogP contribution < -0.4 is 4.90 Å². The van der Waals surface area contributed by atoms with Crippen molar-refractivity contribution in [2.24, 2.45) is 0 Å². The molecule has 0 saturated heterocycles. The first kappa shape index (κ1) is 14.2. The van der Waals surface area contributed by atoms with Crippen LogP contribution in [-0.4, -0.2) is 21.7 Å². The van der Waals surface area contributed by atoms with Gasteiger partial charge in [-0.15, -0.1) is 0 Å². The molecule has 0 spiro atoms. The van der Waals surface area contributed by atoms with Gasteiger partial charge < -0.3 is 9.42 Å². The maximum Gasteiger partial charge on any atom is 0.144 e. The Bertz CT molecular complexity index is 844. The van der Waals surface area contributed by atoms with Crippen LogP contribution in [0, 0.1) is 6.92 Å². The number of nitrogens with zero attached hydrogens (tertiary/aromatic N) is 4. The minimum atomic E-state index is 0.712. The lowest BCUT2D eigenvalue weighted by Crippen LogP contribution is -2.30. The van der Waals surface area contributed by atoms with Gasteiger partial charge in [-0.25, -0.2) is 9.97 Å². The van der Waals surface area contributed by atoms with Crippen LogP contribution in [-0.2, 0) is 13.0 Å². The standard InChI is InChI=1S/C17H15ClN4O/c1-11-19-8-6-16(20-11)22-9-7-15-14(10-22)17(21-23-15)12-2-4-13(18)5-3-12/h2-6,8H,7,9-10H2,1H3. The number of rotatable bonds is 2. The number of anilines is 1. The van der Waals surface area contributed by atoms with Gasteiger partial charge in [0.25, 0.3) is 0 Å². The molecule has 0 aliphatic carbocycles. The molecule has 23 heavy (non-hydrogen) atoms. The zero-order chi connectivity index (χ0) is 15.8. The van der Waals surface area contributed by atoms with Gasteiger partial charge in [-0.1, -0.05) is 28.9 Å². The smallest absolute Gasteiger partial charge is 0.144 e. The van der Waals surface area contributed by atoms with E-state index in [0.717, 1.165) is 53.7 Å². The highest BCUT2D eigenvalue weighted by molar-refractivity contribution is 6.30. The molecule has 5 nitrogen and oxygen atoms in total. The summed E-state index contributed by atoms with van der Waals surface area (Å²) < 4.78 is 5.54. The molecule has 3 aromatic rings. The van der Waals surface area contributed by atoms with Crippen molar-refractivity contribution < 1.29 is 4.52 Å². The lowest BCUT2D eigenvalue weighted by molar-refractivity contribution is 0.379. The maximum absolute atomic E-state index is 5.97. The van der Waals surface area contributed by atoms with E-state index in [2.05, 4.69) is 20.0 Å². The van der Waals surface area contributed by atoms with Crippen LogP contribution in [0.4, 0.5) is 5.82 Å². The Balaban J connectivity index is 1.69. The molecule has 1 aromatic carbocycles. The van der Waals surface area contributed by atoms with Crippen molar-refractivity contribution in [2.45, 2.75) is 19.9 Å². The van der Waals surface area contributed by atoms with Crippen molar-refractivity contribution in [3.05, 3.63) is 58.7 Å². The van der Waals surface area contributed by atoms with Gasteiger partial charge in [0.1, 0.15) is 23.1 Å². The quantitative estimate of drug-likeness (QED) is 0.719. The van der Waals surface area contributed by atoms with E-state index >= 15 is 0 Å². The Morgan fingerprint density at radius 2 is 2.00 bits per heavy atom. The fourth-order valence-electron chi connectivity index (χ4n) is 2.86. The number of benzene rings is 1. The van der Waals surface area contributed by atoms with Crippen LogP contribution in [0.15, 0.2) is 41.1 Å². The molecular formula is C17H15ClN4O. The SMILES string of the molecule is Cc1nccc(N2CCc3onc(-c4ccc(Cl)cc4)c3C2)n1. The Hall–Kier alpha value is -2.40. The molecule has 3 heterocycles. The predicted molar refractivity (Wildman–Crippen MR) is 88.5 cm³/mol. The van der Waals surface area contributed by atoms with Crippen molar-refractivity contribution in [1.29, 1.82) is 0 Å². The van der Waals surface area contributed by atoms with Crippen molar-refractivity contribution in [3.8, 4) is 11.3 Å². The monoisotopic (exact) mass is 326 g/mol. The maximum atomic E-state index is 5.97.